The summed E-state index contributed by atoms with van der Waals surface area (Å²) in [6.45, 7) is 0.981. The zero-order valence-corrected chi connectivity index (χ0v) is 14.4. The van der Waals surface area contributed by atoms with Crippen molar-refractivity contribution in [3.05, 3.63) is 66.2 Å². The molecule has 0 aliphatic heterocycles. The van der Waals surface area contributed by atoms with Crippen molar-refractivity contribution in [2.45, 2.75) is 25.3 Å². The van der Waals surface area contributed by atoms with Crippen LogP contribution in [0.15, 0.2) is 60.7 Å². The Morgan fingerprint density at radius 2 is 1.76 bits per heavy atom. The van der Waals surface area contributed by atoms with Crippen LogP contribution in [0.3, 0.4) is 0 Å². The fourth-order valence-electron chi connectivity index (χ4n) is 3.55. The number of ether oxygens (including phenoxy) is 1. The molecule has 0 aromatic heterocycles. The number of carbonyl (C=O) groups excluding carboxylic acids is 1. The number of para-hydroxylation sites is 1. The molecule has 4 nitrogen and oxygen atoms in total. The summed E-state index contributed by atoms with van der Waals surface area (Å²) in [4.78, 5) is 12.8. The van der Waals surface area contributed by atoms with Crippen molar-refractivity contribution in [3.8, 4) is 5.75 Å². The maximum atomic E-state index is 12.8. The van der Waals surface area contributed by atoms with E-state index in [-0.39, 0.29) is 17.9 Å². The predicted molar refractivity (Wildman–Crippen MR) is 99.1 cm³/mol. The molecule has 2 aromatic carbocycles. The minimum Gasteiger partial charge on any atom is -0.491 e. The van der Waals surface area contributed by atoms with E-state index in [0.29, 0.717) is 19.1 Å². The fraction of sp³-hybridized carbons (Fsp3) is 0.381. The monoisotopic (exact) mass is 338 g/mol. The summed E-state index contributed by atoms with van der Waals surface area (Å²) in [5, 5.41) is 3.19. The minimum atomic E-state index is -0.173. The molecule has 3 atom stereocenters. The summed E-state index contributed by atoms with van der Waals surface area (Å²) in [5.74, 6) is 1.22. The maximum Gasteiger partial charge on any atom is 0.224 e. The Hall–Kier alpha value is -2.33. The Kier molecular flexibility index (Phi) is 6.07. The smallest absolute Gasteiger partial charge is 0.224 e. The van der Waals surface area contributed by atoms with E-state index in [1.165, 1.54) is 0 Å². The van der Waals surface area contributed by atoms with E-state index in [1.54, 1.807) is 0 Å². The molecule has 25 heavy (non-hydrogen) atoms. The van der Waals surface area contributed by atoms with Gasteiger partial charge in [-0.3, -0.25) is 4.79 Å². The first kappa shape index (κ1) is 17.5. The molecule has 3 N–H and O–H groups in total. The highest BCUT2D eigenvalue weighted by atomic mass is 16.5. The Bertz CT molecular complexity index is 660. The predicted octanol–water partition coefficient (Wildman–Crippen LogP) is 3.30. The van der Waals surface area contributed by atoms with Gasteiger partial charge in [0.05, 0.1) is 6.04 Å². The van der Waals surface area contributed by atoms with E-state index in [0.717, 1.165) is 30.6 Å². The van der Waals surface area contributed by atoms with Crippen LogP contribution in [0.5, 0.6) is 5.75 Å². The second-order valence-corrected chi connectivity index (χ2v) is 6.63. The molecule has 0 saturated heterocycles. The van der Waals surface area contributed by atoms with Gasteiger partial charge in [-0.25, -0.2) is 0 Å². The Balaban J connectivity index is 1.69. The highest BCUT2D eigenvalue weighted by Crippen LogP contribution is 2.31. The minimum absolute atomic E-state index is 0.0212. The summed E-state index contributed by atoms with van der Waals surface area (Å²) in [7, 11) is 0. The molecule has 132 valence electrons. The van der Waals surface area contributed by atoms with Gasteiger partial charge in [0.15, 0.2) is 0 Å². The van der Waals surface area contributed by atoms with Crippen LogP contribution in [0.4, 0.5) is 0 Å². The van der Waals surface area contributed by atoms with Crippen LogP contribution in [0, 0.1) is 11.8 Å². The van der Waals surface area contributed by atoms with E-state index in [4.69, 9.17) is 10.5 Å². The lowest BCUT2D eigenvalue weighted by atomic mass is 9.94. The van der Waals surface area contributed by atoms with Crippen LogP contribution in [-0.2, 0) is 4.79 Å². The molecule has 1 unspecified atom stereocenters. The van der Waals surface area contributed by atoms with Crippen LogP contribution in [0.1, 0.15) is 30.9 Å². The van der Waals surface area contributed by atoms with Gasteiger partial charge in [0, 0.05) is 5.92 Å². The van der Waals surface area contributed by atoms with Crippen molar-refractivity contribution in [1.82, 2.24) is 5.32 Å². The highest BCUT2D eigenvalue weighted by Gasteiger charge is 2.33. The summed E-state index contributed by atoms with van der Waals surface area (Å²) >= 11 is 0. The molecule has 4 heteroatoms. The summed E-state index contributed by atoms with van der Waals surface area (Å²) in [6, 6.07) is 19.5. The van der Waals surface area contributed by atoms with Crippen molar-refractivity contribution in [1.29, 1.82) is 0 Å². The highest BCUT2D eigenvalue weighted by molar-refractivity contribution is 5.79. The molecule has 1 fully saturated rings. The van der Waals surface area contributed by atoms with Crippen molar-refractivity contribution < 1.29 is 9.53 Å². The van der Waals surface area contributed by atoms with Gasteiger partial charge >= 0.3 is 0 Å². The molecule has 0 heterocycles. The third-order valence-corrected chi connectivity index (χ3v) is 4.98. The molecule has 1 aliphatic rings. The third kappa shape index (κ3) is 4.60. The molecule has 3 rings (SSSR count). The Morgan fingerprint density at radius 3 is 2.44 bits per heavy atom. The second kappa shape index (κ2) is 8.67. The van der Waals surface area contributed by atoms with Crippen molar-refractivity contribution >= 4 is 5.91 Å². The number of hydrogen-bond acceptors (Lipinski definition) is 3. The lowest BCUT2D eigenvalue weighted by Crippen LogP contribution is -2.39. The summed E-state index contributed by atoms with van der Waals surface area (Å²) in [6.07, 6.45) is 3.05. The van der Waals surface area contributed by atoms with Crippen LogP contribution in [0.2, 0.25) is 0 Å². The van der Waals surface area contributed by atoms with Gasteiger partial charge in [0.25, 0.3) is 0 Å². The van der Waals surface area contributed by atoms with Crippen LogP contribution in [-0.4, -0.2) is 19.1 Å². The van der Waals surface area contributed by atoms with E-state index in [1.807, 2.05) is 60.7 Å². The number of benzene rings is 2. The molecule has 2 aromatic rings. The molecular formula is C21H26N2O2. The van der Waals surface area contributed by atoms with Crippen LogP contribution >= 0.6 is 0 Å². The van der Waals surface area contributed by atoms with Crippen molar-refractivity contribution in [2.75, 3.05) is 13.2 Å². The topological polar surface area (TPSA) is 64.4 Å². The molecule has 1 amide bonds. The van der Waals surface area contributed by atoms with Gasteiger partial charge in [0.1, 0.15) is 12.4 Å². The second-order valence-electron chi connectivity index (χ2n) is 6.63. The lowest BCUT2D eigenvalue weighted by molar-refractivity contribution is -0.127. The average Bonchev–Trinajstić information content (AvgIpc) is 3.15. The Labute approximate surface area is 149 Å². The van der Waals surface area contributed by atoms with Gasteiger partial charge in [-0.1, -0.05) is 55.0 Å². The molecular weight excluding hydrogens is 312 g/mol. The van der Waals surface area contributed by atoms with Gasteiger partial charge < -0.3 is 15.8 Å². The molecule has 0 radical (unpaired) electrons. The van der Waals surface area contributed by atoms with Gasteiger partial charge in [-0.2, -0.15) is 0 Å². The van der Waals surface area contributed by atoms with Crippen molar-refractivity contribution in [2.24, 2.45) is 17.6 Å². The number of rotatable bonds is 7. The third-order valence-electron chi connectivity index (χ3n) is 4.98. The van der Waals surface area contributed by atoms with E-state index >= 15 is 0 Å². The Morgan fingerprint density at radius 1 is 1.08 bits per heavy atom. The first-order valence-corrected chi connectivity index (χ1v) is 9.01. The molecule has 0 spiro atoms. The quantitative estimate of drug-likeness (QED) is 0.814. The largest absolute Gasteiger partial charge is 0.491 e. The van der Waals surface area contributed by atoms with Crippen LogP contribution < -0.4 is 15.8 Å². The zero-order chi connectivity index (χ0) is 17.5. The van der Waals surface area contributed by atoms with Gasteiger partial charge in [-0.05, 0) is 43.0 Å². The maximum absolute atomic E-state index is 12.8. The lowest BCUT2D eigenvalue weighted by Gasteiger charge is -2.24. The standard InChI is InChI=1S/C21H26N2O2/c22-14-17-10-7-13-19(17)21(24)23-20(16-8-3-1-4-9-16)15-25-18-11-5-2-6-12-18/h1-6,8-9,11-12,17,19-20H,7,10,13-15,22H2,(H,23,24)/t17-,19-,20?/m1/s1. The molecule has 1 aliphatic carbocycles. The number of amides is 1. The van der Waals surface area contributed by atoms with E-state index < -0.39 is 0 Å². The van der Waals surface area contributed by atoms with Crippen molar-refractivity contribution in [3.63, 3.8) is 0 Å². The first-order valence-electron chi connectivity index (χ1n) is 9.01. The molecule has 1 saturated carbocycles. The number of nitrogens with two attached hydrogens (primary N) is 1. The SMILES string of the molecule is NC[C@H]1CCC[C@H]1C(=O)NC(COc1ccccc1)c1ccccc1. The average molecular weight is 338 g/mol. The van der Waals surface area contributed by atoms with Gasteiger partial charge in [-0.15, -0.1) is 0 Å². The zero-order valence-electron chi connectivity index (χ0n) is 14.4. The van der Waals surface area contributed by atoms with E-state index in [9.17, 15) is 4.79 Å². The number of hydrogen-bond donors (Lipinski definition) is 2. The molecule has 0 bridgehead atoms. The summed E-state index contributed by atoms with van der Waals surface area (Å²) in [5.41, 5.74) is 6.88. The normalized spacial score (nSPS) is 20.8. The fourth-order valence-corrected chi connectivity index (χ4v) is 3.55. The number of nitrogens with one attached hydrogen (secondary N) is 1. The first-order chi connectivity index (χ1) is 12.3. The summed E-state index contributed by atoms with van der Waals surface area (Å²) < 4.78 is 5.90. The van der Waals surface area contributed by atoms with Crippen LogP contribution in [0.25, 0.3) is 0 Å². The van der Waals surface area contributed by atoms with Gasteiger partial charge in [0.2, 0.25) is 5.91 Å². The van der Waals surface area contributed by atoms with E-state index in [2.05, 4.69) is 5.32 Å². The number of carbonyl (C=O) groups is 1.